The first-order valence-corrected chi connectivity index (χ1v) is 9.18. The van der Waals surface area contributed by atoms with Crippen molar-refractivity contribution in [1.29, 1.82) is 0 Å². The van der Waals surface area contributed by atoms with Crippen molar-refractivity contribution < 1.29 is 5.11 Å². The molecule has 0 aliphatic carbocycles. The van der Waals surface area contributed by atoms with Gasteiger partial charge in [-0.15, -0.1) is 0 Å². The molecule has 4 heterocycles. The Labute approximate surface area is 150 Å². The summed E-state index contributed by atoms with van der Waals surface area (Å²) in [5.41, 5.74) is 3.27. The van der Waals surface area contributed by atoms with E-state index in [4.69, 9.17) is 4.98 Å². The van der Waals surface area contributed by atoms with Crippen LogP contribution in [0.4, 0.5) is 0 Å². The normalized spacial score (nSPS) is 12.6. The number of rotatable bonds is 4. The van der Waals surface area contributed by atoms with Gasteiger partial charge in [-0.2, -0.15) is 0 Å². The van der Waals surface area contributed by atoms with Crippen molar-refractivity contribution in [2.24, 2.45) is 0 Å². The number of hydrogen-bond acceptors (Lipinski definition) is 8. The minimum Gasteiger partial charge on any atom is -0.394 e. The predicted molar refractivity (Wildman–Crippen MR) is 97.8 cm³/mol. The van der Waals surface area contributed by atoms with Gasteiger partial charge in [-0.05, 0) is 36.1 Å². The summed E-state index contributed by atoms with van der Waals surface area (Å²) in [5.74, 6) is 0. The van der Waals surface area contributed by atoms with Gasteiger partial charge in [-0.1, -0.05) is 0 Å². The second-order valence-corrected chi connectivity index (χ2v) is 6.88. The highest BCUT2D eigenvalue weighted by Gasteiger charge is 2.17. The van der Waals surface area contributed by atoms with E-state index >= 15 is 0 Å². The predicted octanol–water partition coefficient (Wildman–Crippen LogP) is 2.59. The molecule has 25 heavy (non-hydrogen) atoms. The molecule has 126 valence electrons. The second-order valence-electron chi connectivity index (χ2n) is 5.57. The molecule has 0 saturated carbocycles. The van der Waals surface area contributed by atoms with Crippen LogP contribution in [0.25, 0.3) is 33.4 Å². The number of hydrogen-bond donors (Lipinski definition) is 1. The number of pyridine rings is 1. The molecule has 0 unspecified atom stereocenters. The van der Waals surface area contributed by atoms with Crippen LogP contribution >= 0.6 is 23.1 Å². The summed E-state index contributed by atoms with van der Waals surface area (Å²) in [6.07, 6.45) is 4.90. The van der Waals surface area contributed by atoms with Crippen molar-refractivity contribution in [3.8, 4) is 22.5 Å². The average Bonchev–Trinajstić information content (AvgIpc) is 3.34. The van der Waals surface area contributed by atoms with Gasteiger partial charge in [0.25, 0.3) is 5.56 Å². The maximum Gasteiger partial charge on any atom is 0.261 e. The molecular formula is C16H13N5O2S2. The number of nitrogens with zero attached hydrogens (tertiary/aromatic N) is 5. The summed E-state index contributed by atoms with van der Waals surface area (Å²) in [4.78, 5) is 22.1. The summed E-state index contributed by atoms with van der Waals surface area (Å²) < 4.78 is 9.68. The molecule has 1 atom stereocenters. The molecule has 0 aliphatic rings. The summed E-state index contributed by atoms with van der Waals surface area (Å²) in [7, 11) is 0. The maximum absolute atomic E-state index is 12.9. The Kier molecular flexibility index (Phi) is 4.12. The number of aliphatic hydroxyl groups excluding tert-OH is 1. The Balaban J connectivity index is 2.06. The van der Waals surface area contributed by atoms with E-state index < -0.39 is 0 Å². The topological polar surface area (TPSA) is 93.8 Å². The van der Waals surface area contributed by atoms with Crippen LogP contribution in [0.3, 0.4) is 0 Å². The van der Waals surface area contributed by atoms with Crippen molar-refractivity contribution in [2.45, 2.75) is 13.0 Å². The lowest BCUT2D eigenvalue weighted by Gasteiger charge is -2.13. The van der Waals surface area contributed by atoms with Gasteiger partial charge < -0.3 is 5.11 Å². The van der Waals surface area contributed by atoms with Gasteiger partial charge in [0.2, 0.25) is 0 Å². The lowest BCUT2D eigenvalue weighted by molar-refractivity contribution is 0.236. The third-order valence-corrected chi connectivity index (χ3v) is 5.11. The van der Waals surface area contributed by atoms with Gasteiger partial charge in [-0.3, -0.25) is 9.36 Å². The standard InChI is InChI=1S/C16H13N5O2S2/c1-9(5-22)21-8-17-15-12(16(21)23)2-13(10-3-18-24-6-10)20-14(15)11-4-19-25-7-11/h2-4,6-9,22H,5H2,1H3/t9-/m0/s1. The zero-order valence-corrected chi connectivity index (χ0v) is 14.8. The van der Waals surface area contributed by atoms with Crippen molar-refractivity contribution in [3.05, 3.63) is 45.9 Å². The smallest absolute Gasteiger partial charge is 0.261 e. The number of aromatic nitrogens is 5. The number of aliphatic hydroxyl groups is 1. The summed E-state index contributed by atoms with van der Waals surface area (Å²) >= 11 is 2.64. The summed E-state index contributed by atoms with van der Waals surface area (Å²) in [6, 6.07) is 1.38. The van der Waals surface area contributed by atoms with Crippen LogP contribution < -0.4 is 5.56 Å². The fourth-order valence-corrected chi connectivity index (χ4v) is 3.60. The molecule has 0 aliphatic heterocycles. The summed E-state index contributed by atoms with van der Waals surface area (Å²) in [5, 5.41) is 13.6. The van der Waals surface area contributed by atoms with Crippen molar-refractivity contribution in [1.82, 2.24) is 23.3 Å². The first-order chi connectivity index (χ1) is 12.2. The Morgan fingerprint density at radius 3 is 2.56 bits per heavy atom. The molecule has 0 bridgehead atoms. The molecule has 9 heteroatoms. The minimum absolute atomic E-state index is 0.138. The molecule has 4 aromatic heterocycles. The minimum atomic E-state index is -0.352. The van der Waals surface area contributed by atoms with E-state index in [0.29, 0.717) is 22.3 Å². The maximum atomic E-state index is 12.9. The Morgan fingerprint density at radius 1 is 1.20 bits per heavy atom. The van der Waals surface area contributed by atoms with E-state index in [0.717, 1.165) is 11.1 Å². The molecule has 4 rings (SSSR count). The molecule has 7 nitrogen and oxygen atoms in total. The highest BCUT2D eigenvalue weighted by atomic mass is 32.1. The highest BCUT2D eigenvalue weighted by Crippen LogP contribution is 2.29. The van der Waals surface area contributed by atoms with Crippen LogP contribution in [0.5, 0.6) is 0 Å². The third-order valence-electron chi connectivity index (χ3n) is 3.94. The van der Waals surface area contributed by atoms with Crippen LogP contribution in [0.2, 0.25) is 0 Å². The van der Waals surface area contributed by atoms with Gasteiger partial charge in [0.15, 0.2) is 0 Å². The van der Waals surface area contributed by atoms with Crippen molar-refractivity contribution >= 4 is 34.0 Å². The fourth-order valence-electron chi connectivity index (χ4n) is 2.55. The van der Waals surface area contributed by atoms with Gasteiger partial charge in [0.05, 0.1) is 48.1 Å². The van der Waals surface area contributed by atoms with Crippen molar-refractivity contribution in [3.63, 3.8) is 0 Å². The zero-order valence-electron chi connectivity index (χ0n) is 13.2. The van der Waals surface area contributed by atoms with E-state index in [1.165, 1.54) is 34.0 Å². The van der Waals surface area contributed by atoms with Crippen LogP contribution in [0.15, 0.2) is 40.3 Å². The lowest BCUT2D eigenvalue weighted by atomic mass is 10.1. The fraction of sp³-hybridized carbons (Fsp3) is 0.188. The van der Waals surface area contributed by atoms with Crippen LogP contribution in [-0.2, 0) is 0 Å². The van der Waals surface area contributed by atoms with Crippen molar-refractivity contribution in [2.75, 3.05) is 6.61 Å². The molecule has 0 radical (unpaired) electrons. The molecule has 0 amide bonds. The van der Waals surface area contributed by atoms with Crippen LogP contribution in [-0.4, -0.2) is 35.0 Å². The Bertz CT molecular complexity index is 1070. The van der Waals surface area contributed by atoms with Crippen LogP contribution in [0, 0.1) is 0 Å². The molecule has 1 N–H and O–H groups in total. The molecular weight excluding hydrogens is 358 g/mol. The molecule has 0 saturated heterocycles. The van der Waals surface area contributed by atoms with E-state index in [-0.39, 0.29) is 18.2 Å². The molecule has 0 aromatic carbocycles. The zero-order chi connectivity index (χ0) is 17.4. The lowest BCUT2D eigenvalue weighted by Crippen LogP contribution is -2.25. The quantitative estimate of drug-likeness (QED) is 0.593. The first-order valence-electron chi connectivity index (χ1n) is 7.51. The van der Waals surface area contributed by atoms with E-state index in [1.807, 2.05) is 10.8 Å². The SMILES string of the molecule is C[C@@H](CO)n1cnc2c(-c3cnsc3)nc(-c3cnsc3)cc2c1=O. The third kappa shape index (κ3) is 2.76. The second kappa shape index (κ2) is 6.43. The molecule has 4 aromatic rings. The number of fused-ring (bicyclic) bond motifs is 1. The average molecular weight is 371 g/mol. The van der Waals surface area contributed by atoms with E-state index in [2.05, 4.69) is 13.7 Å². The van der Waals surface area contributed by atoms with Gasteiger partial charge in [0.1, 0.15) is 5.52 Å². The van der Waals surface area contributed by atoms with Gasteiger partial charge in [-0.25, -0.2) is 18.7 Å². The monoisotopic (exact) mass is 371 g/mol. The van der Waals surface area contributed by atoms with Gasteiger partial charge in [0, 0.05) is 21.9 Å². The summed E-state index contributed by atoms with van der Waals surface area (Å²) in [6.45, 7) is 1.63. The first kappa shape index (κ1) is 16.0. The highest BCUT2D eigenvalue weighted by molar-refractivity contribution is 7.04. The van der Waals surface area contributed by atoms with E-state index in [1.54, 1.807) is 25.4 Å². The Hall–Kier alpha value is -2.49. The molecule has 0 fully saturated rings. The van der Waals surface area contributed by atoms with Gasteiger partial charge >= 0.3 is 0 Å². The Morgan fingerprint density at radius 2 is 1.92 bits per heavy atom. The molecule has 0 spiro atoms. The van der Waals surface area contributed by atoms with Crippen LogP contribution in [0.1, 0.15) is 13.0 Å². The van der Waals surface area contributed by atoms with E-state index in [9.17, 15) is 9.90 Å². The largest absolute Gasteiger partial charge is 0.394 e.